The molecule has 640 valence electrons. The molecule has 8 heterocycles. The molecule has 0 N–H and O–H groups in total. The molecule has 19 heteroatoms. The average molecular weight is 1960 g/mol. The number of pyridine rings is 1. The summed E-state index contributed by atoms with van der Waals surface area (Å²) in [5.74, 6) is 0. The van der Waals surface area contributed by atoms with Crippen molar-refractivity contribution in [3.8, 4) is 56.3 Å². The third kappa shape index (κ3) is 18.0. The van der Waals surface area contributed by atoms with Crippen molar-refractivity contribution < 1.29 is 8.83 Å². The van der Waals surface area contributed by atoms with Gasteiger partial charge in [0.2, 0.25) is 26.8 Å². The van der Waals surface area contributed by atoms with Crippen molar-refractivity contribution in [2.75, 3.05) is 4.90 Å². The van der Waals surface area contributed by atoms with E-state index >= 15 is 0 Å². The molecule has 0 spiro atoms. The molecule has 12 nitrogen and oxygen atoms in total. The van der Waals surface area contributed by atoms with Crippen LogP contribution in [-0.2, 0) is 0 Å². The molecule has 0 saturated heterocycles. The number of hydrogen-bond donors (Lipinski definition) is 0. The number of furan rings is 2. The van der Waals surface area contributed by atoms with Gasteiger partial charge >= 0.3 is 0 Å². The summed E-state index contributed by atoms with van der Waals surface area (Å²) in [7, 11) is 0. The van der Waals surface area contributed by atoms with Crippen LogP contribution < -0.4 is 4.90 Å². The fourth-order valence-corrected chi connectivity index (χ4v) is 19.4. The number of aromatic nitrogens is 9. The van der Waals surface area contributed by atoms with Crippen molar-refractivity contribution in [2.24, 2.45) is 0 Å². The normalized spacial score (nSPS) is 11.2. The first-order valence-corrected chi connectivity index (χ1v) is 46.9. The highest BCUT2D eigenvalue weighted by Gasteiger charge is 2.22. The number of benzene rings is 18. The average Bonchev–Trinajstić information content (AvgIpc) is 0.848. The van der Waals surface area contributed by atoms with Crippen LogP contribution in [0.5, 0.6) is 0 Å². The van der Waals surface area contributed by atoms with E-state index < -0.39 is 0 Å². The third-order valence-corrected chi connectivity index (χ3v) is 25.9. The number of fused-ring (bicyclic) bond motifs is 18. The number of thiophene rings is 1. The molecule has 0 amide bonds. The molecule has 0 aliphatic carbocycles. The van der Waals surface area contributed by atoms with E-state index in [1.807, 2.05) is 182 Å². The summed E-state index contributed by atoms with van der Waals surface area (Å²) >= 11 is 33.2. The van der Waals surface area contributed by atoms with Crippen LogP contribution in [0.2, 0.25) is 21.1 Å². The van der Waals surface area contributed by atoms with Crippen molar-refractivity contribution in [1.82, 2.24) is 44.9 Å². The van der Waals surface area contributed by atoms with Gasteiger partial charge in [-0.25, -0.2) is 39.9 Å². The Labute approximate surface area is 809 Å². The topological polar surface area (TPSA) is 146 Å². The van der Waals surface area contributed by atoms with E-state index in [0.29, 0.717) is 11.3 Å². The van der Waals surface area contributed by atoms with Gasteiger partial charge in [-0.1, -0.05) is 353 Å². The fraction of sp³-hybridized carbons (Fsp3) is 0. The fourth-order valence-electron chi connectivity index (χ4n) is 17.0. The van der Waals surface area contributed by atoms with Gasteiger partial charge in [0.05, 0.1) is 39.2 Å². The van der Waals surface area contributed by atoms with E-state index in [4.69, 9.17) is 60.2 Å². The van der Waals surface area contributed by atoms with Gasteiger partial charge in [0, 0.05) is 102 Å². The Hall–Kier alpha value is -15.0. The van der Waals surface area contributed by atoms with Crippen LogP contribution in [0.3, 0.4) is 0 Å². The lowest BCUT2D eigenvalue weighted by Crippen LogP contribution is -2.09. The predicted molar refractivity (Wildman–Crippen MR) is 566 cm³/mol. The number of nitrogens with zero attached hydrogens (tertiary/aromatic N) is 10. The zero-order valence-corrected chi connectivity index (χ0v) is 77.9. The molecule has 134 heavy (non-hydrogen) atoms. The Kier molecular flexibility index (Phi) is 24.6. The SMILES string of the molecule is Brc1ccc(N(c2ccc3ccccc3c2)c2ccc3ccccc3c2)cc1.Brc1ccc2nc(-c3ccccc3)c3ccccc3c2c1.Clc1nc(-c2ccc3ccccc3c2)c2c(n1)sc1ccccc12.Clc1nc(-c2ccccc2)c2c(n1)oc1ccccc12.Clc1nc(-c2ccccc2)c2ccc3ccccc3c2n1.Clc1nc(-c2ccccc2)c2oc3ccccc3c2n1. The Balaban J connectivity index is 0.0000000969. The lowest BCUT2D eigenvalue weighted by Gasteiger charge is -2.26. The Morgan fingerprint density at radius 1 is 0.239 bits per heavy atom. The van der Waals surface area contributed by atoms with Crippen LogP contribution in [0.15, 0.2) is 442 Å². The molecular formula is C115H70Br2Cl4N10O2S. The summed E-state index contributed by atoms with van der Waals surface area (Å²) in [5.41, 5.74) is 18.4. The molecule has 26 aromatic rings. The molecule has 0 radical (unpaired) electrons. The minimum absolute atomic E-state index is 0.190. The standard InChI is InChI=1S/C26H18BrN.C20H11ClN2S.C19H12BrN.C18H11ClN2.2C16H9ClN2O/c27-23-11-15-24(16-12-23)28(25-13-9-19-5-1-3-7-21(19)17-25)26-14-10-20-6-2-4-8-22(20)18-26;21-20-22-18(14-10-9-12-5-1-2-6-13(12)11-14)17-15-7-3-4-8-16(15)24-19(17)23-20;20-14-10-11-18-17(12-14)15-8-4-5-9-16(15)19(21-18)13-6-2-1-3-7-13;19-18-20-16(13-7-2-1-3-8-13)15-11-10-12-6-4-5-9-14(12)17(15)21-18;17-16-18-14(10-6-2-1-3-7-10)13-11-8-4-5-9-12(11)20-15(13)19-16;17-16-18-13(10-6-2-1-3-7-10)15-14(19-16)11-8-4-5-9-12(11)20-15/h1-18H;1-11H;1-12H;1-11H;2*1-9H. The van der Waals surface area contributed by atoms with Crippen molar-refractivity contribution in [2.45, 2.75) is 0 Å². The maximum absolute atomic E-state index is 6.20. The van der Waals surface area contributed by atoms with Gasteiger partial charge in [0.15, 0.2) is 5.58 Å². The second-order valence-electron chi connectivity index (χ2n) is 31.4. The molecule has 0 bridgehead atoms. The quantitative estimate of drug-likeness (QED) is 0.105. The third-order valence-electron chi connectivity index (χ3n) is 23.1. The molecule has 0 aliphatic heterocycles. The van der Waals surface area contributed by atoms with Crippen LogP contribution in [0.25, 0.3) is 196 Å². The number of hydrogen-bond acceptors (Lipinski definition) is 13. The van der Waals surface area contributed by atoms with Crippen LogP contribution in [-0.4, -0.2) is 44.9 Å². The molecule has 26 rings (SSSR count). The highest BCUT2D eigenvalue weighted by atomic mass is 79.9. The van der Waals surface area contributed by atoms with E-state index in [0.717, 1.165) is 153 Å². The summed E-state index contributed by atoms with van der Waals surface area (Å²) in [4.78, 5) is 43.2. The number of rotatable bonds is 8. The van der Waals surface area contributed by atoms with E-state index in [1.165, 1.54) is 58.6 Å². The number of para-hydroxylation sites is 2. The number of halogens is 6. The Morgan fingerprint density at radius 3 is 1.27 bits per heavy atom. The van der Waals surface area contributed by atoms with Crippen LogP contribution in [0.1, 0.15) is 0 Å². The maximum atomic E-state index is 6.20. The largest absolute Gasteiger partial charge is 0.452 e. The Morgan fingerprint density at radius 2 is 0.657 bits per heavy atom. The molecular weight excluding hydrogens is 1890 g/mol. The van der Waals surface area contributed by atoms with Crippen molar-refractivity contribution in [3.63, 3.8) is 0 Å². The number of anilines is 3. The maximum Gasteiger partial charge on any atom is 0.232 e. The minimum atomic E-state index is 0.190. The molecule has 0 saturated carbocycles. The van der Waals surface area contributed by atoms with Gasteiger partial charge in [-0.2, -0.15) is 4.98 Å². The summed E-state index contributed by atoms with van der Waals surface area (Å²) in [6, 6.07) is 145. The van der Waals surface area contributed by atoms with E-state index in [1.54, 1.807) is 11.3 Å². The van der Waals surface area contributed by atoms with Crippen LogP contribution >= 0.6 is 89.6 Å². The molecule has 18 aromatic carbocycles. The predicted octanol–water partition coefficient (Wildman–Crippen LogP) is 34.9. The molecule has 8 aromatic heterocycles. The second kappa shape index (κ2) is 38.4. The van der Waals surface area contributed by atoms with Crippen molar-refractivity contribution in [1.29, 1.82) is 0 Å². The first kappa shape index (κ1) is 85.7. The molecule has 0 fully saturated rings. The monoisotopic (exact) mass is 1950 g/mol. The summed E-state index contributed by atoms with van der Waals surface area (Å²) in [5, 5.41) is 20.3. The van der Waals surface area contributed by atoms with Crippen LogP contribution in [0, 0.1) is 0 Å². The van der Waals surface area contributed by atoms with Crippen LogP contribution in [0.4, 0.5) is 17.1 Å². The van der Waals surface area contributed by atoms with Gasteiger partial charge in [0.25, 0.3) is 0 Å². The molecule has 0 atom stereocenters. The van der Waals surface area contributed by atoms with E-state index in [9.17, 15) is 0 Å². The smallest absolute Gasteiger partial charge is 0.232 e. The molecule has 0 unspecified atom stereocenters. The minimum Gasteiger partial charge on any atom is -0.452 e. The highest BCUT2D eigenvalue weighted by Crippen LogP contribution is 2.44. The van der Waals surface area contributed by atoms with Gasteiger partial charge in [-0.05, 0) is 193 Å². The van der Waals surface area contributed by atoms with Crippen molar-refractivity contribution in [3.05, 3.63) is 455 Å². The van der Waals surface area contributed by atoms with Crippen molar-refractivity contribution >= 4 is 247 Å². The van der Waals surface area contributed by atoms with E-state index in [-0.39, 0.29) is 21.1 Å². The van der Waals surface area contributed by atoms with Gasteiger partial charge in [0.1, 0.15) is 27.2 Å². The molecule has 0 aliphatic rings. The van der Waals surface area contributed by atoms with Gasteiger partial charge in [-0.3, -0.25) is 0 Å². The zero-order chi connectivity index (χ0) is 90.5. The first-order valence-electron chi connectivity index (χ1n) is 43.0. The van der Waals surface area contributed by atoms with Gasteiger partial charge < -0.3 is 13.7 Å². The van der Waals surface area contributed by atoms with Gasteiger partial charge in [-0.15, -0.1) is 11.3 Å². The van der Waals surface area contributed by atoms with E-state index in [2.05, 4.69) is 319 Å². The lowest BCUT2D eigenvalue weighted by molar-refractivity contribution is 0.653. The first-order chi connectivity index (χ1) is 65.9. The zero-order valence-electron chi connectivity index (χ0n) is 70.9. The Bertz CT molecular complexity index is 8810. The summed E-state index contributed by atoms with van der Waals surface area (Å²) in [6.07, 6.45) is 0. The summed E-state index contributed by atoms with van der Waals surface area (Å²) < 4.78 is 15.0. The second-order valence-corrected chi connectivity index (χ2v) is 35.7. The lowest BCUT2D eigenvalue weighted by atomic mass is 10.0. The summed E-state index contributed by atoms with van der Waals surface area (Å²) in [6.45, 7) is 0. The highest BCUT2D eigenvalue weighted by molar-refractivity contribution is 9.10.